The van der Waals surface area contributed by atoms with Gasteiger partial charge < -0.3 is 25.0 Å². The van der Waals surface area contributed by atoms with E-state index >= 15 is 0 Å². The van der Waals surface area contributed by atoms with Gasteiger partial charge in [0.15, 0.2) is 5.11 Å². The maximum atomic E-state index is 12.7. The molecule has 152 valence electrons. The smallest absolute Gasteiger partial charge is 0.306 e. The van der Waals surface area contributed by atoms with E-state index in [1.807, 2.05) is 6.92 Å². The van der Waals surface area contributed by atoms with Crippen molar-refractivity contribution in [1.29, 1.82) is 0 Å². The number of esters is 1. The normalized spacial score (nSPS) is 13.5. The Balaban J connectivity index is 1.88. The molecule has 1 fully saturated rings. The van der Waals surface area contributed by atoms with Gasteiger partial charge in [0, 0.05) is 19.5 Å². The van der Waals surface area contributed by atoms with E-state index in [0.717, 1.165) is 6.42 Å². The maximum Gasteiger partial charge on any atom is 0.306 e. The van der Waals surface area contributed by atoms with E-state index in [9.17, 15) is 14.4 Å². The quantitative estimate of drug-likeness (QED) is 0.525. The predicted octanol–water partition coefficient (Wildman–Crippen LogP) is 1.71. The van der Waals surface area contributed by atoms with Crippen LogP contribution >= 0.6 is 12.2 Å². The van der Waals surface area contributed by atoms with E-state index < -0.39 is 11.9 Å². The van der Waals surface area contributed by atoms with Crippen LogP contribution < -0.4 is 10.6 Å². The summed E-state index contributed by atoms with van der Waals surface area (Å²) in [6.07, 6.45) is 0.688. The second kappa shape index (κ2) is 11.4. The third-order valence-electron chi connectivity index (χ3n) is 3.98. The molecule has 0 aromatic heterocycles. The topological polar surface area (TPSA) is 97.0 Å². The van der Waals surface area contributed by atoms with Crippen molar-refractivity contribution in [3.05, 3.63) is 29.8 Å². The zero-order valence-electron chi connectivity index (χ0n) is 15.9. The number of nitrogens with one attached hydrogen (secondary N) is 2. The monoisotopic (exact) mass is 407 g/mol. The number of thiocarbonyl (C=S) groups is 1. The molecular formula is C19H25N3O5S. The number of anilines is 1. The number of hydrogen-bond donors (Lipinski definition) is 2. The Labute approximate surface area is 169 Å². The second-order valence-corrected chi connectivity index (χ2v) is 6.58. The fourth-order valence-corrected chi connectivity index (χ4v) is 2.79. The van der Waals surface area contributed by atoms with Gasteiger partial charge >= 0.3 is 5.97 Å². The summed E-state index contributed by atoms with van der Waals surface area (Å²) in [5.74, 6) is -0.945. The zero-order valence-corrected chi connectivity index (χ0v) is 16.7. The number of rotatable bonds is 7. The van der Waals surface area contributed by atoms with Crippen LogP contribution in [0.2, 0.25) is 0 Å². The molecule has 1 aromatic rings. The highest BCUT2D eigenvalue weighted by atomic mass is 32.1. The maximum absolute atomic E-state index is 12.7. The first-order valence-corrected chi connectivity index (χ1v) is 9.64. The standard InChI is InChI=1S/C19H25N3O5S/c1-2-11-27-17(24)8-7-16(23)21-19(28)20-15-6-4-3-5-14(15)18(25)22-9-12-26-13-10-22/h3-6H,2,7-13H2,1H3,(H2,20,21,23,28). The number of benzene rings is 1. The molecule has 1 heterocycles. The minimum Gasteiger partial charge on any atom is -0.466 e. The van der Waals surface area contributed by atoms with Gasteiger partial charge in [-0.25, -0.2) is 0 Å². The summed E-state index contributed by atoms with van der Waals surface area (Å²) in [5.41, 5.74) is 0.968. The van der Waals surface area contributed by atoms with Gasteiger partial charge in [-0.2, -0.15) is 0 Å². The molecule has 1 aliphatic rings. The Morgan fingerprint density at radius 2 is 1.89 bits per heavy atom. The number of carbonyl (C=O) groups excluding carboxylic acids is 3. The number of amides is 2. The SMILES string of the molecule is CCCOC(=O)CCC(=O)NC(=S)Nc1ccccc1C(=O)N1CCOCC1. The molecule has 1 aromatic carbocycles. The number of nitrogens with zero attached hydrogens (tertiary/aromatic N) is 1. The Bertz CT molecular complexity index is 719. The summed E-state index contributed by atoms with van der Waals surface area (Å²) in [6.45, 7) is 4.32. The minimum atomic E-state index is -0.419. The summed E-state index contributed by atoms with van der Waals surface area (Å²) in [7, 11) is 0. The van der Waals surface area contributed by atoms with Gasteiger partial charge in [-0.05, 0) is 30.8 Å². The summed E-state index contributed by atoms with van der Waals surface area (Å²) in [4.78, 5) is 37.9. The molecule has 2 N–H and O–H groups in total. The first-order chi connectivity index (χ1) is 13.5. The van der Waals surface area contributed by atoms with Crippen molar-refractivity contribution >= 4 is 40.8 Å². The highest BCUT2D eigenvalue weighted by Crippen LogP contribution is 2.18. The van der Waals surface area contributed by atoms with Crippen LogP contribution in [0.1, 0.15) is 36.5 Å². The minimum absolute atomic E-state index is 0.0133. The van der Waals surface area contributed by atoms with Crippen molar-refractivity contribution in [3.8, 4) is 0 Å². The Kier molecular flexibility index (Phi) is 8.83. The fourth-order valence-electron chi connectivity index (χ4n) is 2.56. The van der Waals surface area contributed by atoms with Crippen LogP contribution in [-0.4, -0.2) is 60.7 Å². The summed E-state index contributed by atoms with van der Waals surface area (Å²) in [6, 6.07) is 6.96. The van der Waals surface area contributed by atoms with Gasteiger partial charge in [-0.15, -0.1) is 0 Å². The molecule has 2 rings (SSSR count). The van der Waals surface area contributed by atoms with Crippen LogP contribution in [0.3, 0.4) is 0 Å². The van der Waals surface area contributed by atoms with Gasteiger partial charge in [0.25, 0.3) is 5.91 Å². The predicted molar refractivity (Wildman–Crippen MR) is 108 cm³/mol. The molecule has 0 bridgehead atoms. The van der Waals surface area contributed by atoms with Crippen LogP contribution in [0.5, 0.6) is 0 Å². The number of ether oxygens (including phenoxy) is 2. The van der Waals surface area contributed by atoms with Gasteiger partial charge in [0.2, 0.25) is 5.91 Å². The average molecular weight is 407 g/mol. The Morgan fingerprint density at radius 3 is 2.61 bits per heavy atom. The molecule has 0 spiro atoms. The van der Waals surface area contributed by atoms with E-state index in [1.54, 1.807) is 29.2 Å². The van der Waals surface area contributed by atoms with Gasteiger partial charge in [-0.1, -0.05) is 19.1 Å². The Hall–Kier alpha value is -2.52. The lowest BCUT2D eigenvalue weighted by atomic mass is 10.1. The number of morpholine rings is 1. The lowest BCUT2D eigenvalue weighted by molar-refractivity contribution is -0.144. The molecule has 0 aliphatic carbocycles. The molecule has 0 saturated carbocycles. The molecule has 8 nitrogen and oxygen atoms in total. The largest absolute Gasteiger partial charge is 0.466 e. The average Bonchev–Trinajstić information content (AvgIpc) is 2.71. The van der Waals surface area contributed by atoms with Crippen molar-refractivity contribution < 1.29 is 23.9 Å². The van der Waals surface area contributed by atoms with E-state index in [4.69, 9.17) is 21.7 Å². The van der Waals surface area contributed by atoms with E-state index in [0.29, 0.717) is 44.2 Å². The van der Waals surface area contributed by atoms with E-state index in [2.05, 4.69) is 10.6 Å². The first-order valence-electron chi connectivity index (χ1n) is 9.23. The number of para-hydroxylation sites is 1. The third kappa shape index (κ3) is 6.90. The van der Waals surface area contributed by atoms with Crippen LogP contribution in [0.15, 0.2) is 24.3 Å². The summed E-state index contributed by atoms with van der Waals surface area (Å²) < 4.78 is 10.2. The molecule has 28 heavy (non-hydrogen) atoms. The van der Waals surface area contributed by atoms with E-state index in [1.165, 1.54) is 0 Å². The van der Waals surface area contributed by atoms with Gasteiger partial charge in [0.1, 0.15) is 0 Å². The molecule has 1 saturated heterocycles. The van der Waals surface area contributed by atoms with Crippen LogP contribution in [-0.2, 0) is 19.1 Å². The molecule has 9 heteroatoms. The van der Waals surface area contributed by atoms with Crippen molar-refractivity contribution in [1.82, 2.24) is 10.2 Å². The summed E-state index contributed by atoms with van der Waals surface area (Å²) in [5, 5.41) is 5.47. The molecule has 0 atom stereocenters. The van der Waals surface area contributed by atoms with Crippen molar-refractivity contribution in [3.63, 3.8) is 0 Å². The van der Waals surface area contributed by atoms with Crippen molar-refractivity contribution in [2.75, 3.05) is 38.2 Å². The Morgan fingerprint density at radius 1 is 1.18 bits per heavy atom. The zero-order chi connectivity index (χ0) is 20.4. The lowest BCUT2D eigenvalue weighted by Crippen LogP contribution is -2.41. The summed E-state index contributed by atoms with van der Waals surface area (Å²) >= 11 is 5.16. The third-order valence-corrected chi connectivity index (χ3v) is 4.18. The van der Waals surface area contributed by atoms with E-state index in [-0.39, 0.29) is 23.9 Å². The highest BCUT2D eigenvalue weighted by Gasteiger charge is 2.21. The lowest BCUT2D eigenvalue weighted by Gasteiger charge is -2.27. The highest BCUT2D eigenvalue weighted by molar-refractivity contribution is 7.80. The van der Waals surface area contributed by atoms with Crippen LogP contribution in [0, 0.1) is 0 Å². The second-order valence-electron chi connectivity index (χ2n) is 6.17. The molecule has 2 amide bonds. The molecular weight excluding hydrogens is 382 g/mol. The first kappa shape index (κ1) is 21.8. The van der Waals surface area contributed by atoms with Crippen LogP contribution in [0.25, 0.3) is 0 Å². The fraction of sp³-hybridized carbons (Fsp3) is 0.474. The van der Waals surface area contributed by atoms with Gasteiger partial charge in [0.05, 0.1) is 37.5 Å². The molecule has 0 radical (unpaired) electrons. The van der Waals surface area contributed by atoms with Crippen LogP contribution in [0.4, 0.5) is 5.69 Å². The van der Waals surface area contributed by atoms with Crippen molar-refractivity contribution in [2.24, 2.45) is 0 Å². The van der Waals surface area contributed by atoms with Gasteiger partial charge in [-0.3, -0.25) is 14.4 Å². The van der Waals surface area contributed by atoms with Crippen molar-refractivity contribution in [2.45, 2.75) is 26.2 Å². The number of hydrogen-bond acceptors (Lipinski definition) is 6. The number of carbonyl (C=O) groups is 3. The molecule has 1 aliphatic heterocycles. The molecule has 0 unspecified atom stereocenters.